The Kier molecular flexibility index (Phi) is 7.17. The number of ether oxygens (including phenoxy) is 1. The molecule has 0 aliphatic heterocycles. The number of nitrogens with one attached hydrogen (secondary N) is 1. The number of carboxylic acids is 1. The first-order valence-corrected chi connectivity index (χ1v) is 8.93. The quantitative estimate of drug-likeness (QED) is 0.679. The Labute approximate surface area is 155 Å². The minimum atomic E-state index is -1.07. The van der Waals surface area contributed by atoms with E-state index < -0.39 is 5.97 Å². The summed E-state index contributed by atoms with van der Waals surface area (Å²) in [5.74, 6) is -1.39. The molecule has 2 aromatic rings. The topological polar surface area (TPSA) is 75.6 Å². The molecular weight excluding hydrogens is 357 g/mol. The van der Waals surface area contributed by atoms with Gasteiger partial charge < -0.3 is 15.2 Å². The van der Waals surface area contributed by atoms with E-state index in [1.54, 1.807) is 25.1 Å². The van der Waals surface area contributed by atoms with E-state index in [4.69, 9.17) is 4.74 Å². The number of thioether (sulfide) groups is 1. The number of hydrogen-bond donors (Lipinski definition) is 2. The molecule has 2 aromatic carbocycles. The van der Waals surface area contributed by atoms with Gasteiger partial charge in [-0.1, -0.05) is 6.92 Å². The van der Waals surface area contributed by atoms with Gasteiger partial charge in [-0.25, -0.2) is 9.18 Å². The van der Waals surface area contributed by atoms with Crippen LogP contribution in [0.1, 0.15) is 22.8 Å². The SMILES string of the molecule is COCc1cc(NC(=O)C(C)CSc2ccc(F)cc2)cc(C(=O)O)c1. The van der Waals surface area contributed by atoms with Gasteiger partial charge in [-0.15, -0.1) is 11.8 Å². The zero-order valence-electron chi connectivity index (χ0n) is 14.5. The summed E-state index contributed by atoms with van der Waals surface area (Å²) < 4.78 is 17.9. The lowest BCUT2D eigenvalue weighted by atomic mass is 10.1. The van der Waals surface area contributed by atoms with Gasteiger partial charge in [-0.05, 0) is 48.0 Å². The molecule has 2 N–H and O–H groups in total. The normalized spacial score (nSPS) is 11.8. The average molecular weight is 377 g/mol. The van der Waals surface area contributed by atoms with Crippen molar-refractivity contribution in [2.45, 2.75) is 18.4 Å². The van der Waals surface area contributed by atoms with Crippen molar-refractivity contribution in [1.29, 1.82) is 0 Å². The van der Waals surface area contributed by atoms with Crippen molar-refractivity contribution in [1.82, 2.24) is 0 Å². The fourth-order valence-electron chi connectivity index (χ4n) is 2.23. The maximum atomic E-state index is 12.9. The number of carboxylic acid groups (broad SMARTS) is 1. The van der Waals surface area contributed by atoms with Crippen molar-refractivity contribution < 1.29 is 23.8 Å². The zero-order valence-corrected chi connectivity index (χ0v) is 15.3. The number of anilines is 1. The Hall–Kier alpha value is -2.38. The molecule has 2 rings (SSSR count). The average Bonchev–Trinajstić information content (AvgIpc) is 2.61. The Morgan fingerprint density at radius 2 is 1.92 bits per heavy atom. The third kappa shape index (κ3) is 5.86. The first-order valence-electron chi connectivity index (χ1n) is 7.94. The van der Waals surface area contributed by atoms with Gasteiger partial charge in [-0.2, -0.15) is 0 Å². The van der Waals surface area contributed by atoms with E-state index in [-0.39, 0.29) is 29.8 Å². The summed E-state index contributed by atoms with van der Waals surface area (Å²) >= 11 is 1.45. The van der Waals surface area contributed by atoms with Crippen LogP contribution in [0.25, 0.3) is 0 Å². The predicted octanol–water partition coefficient (Wildman–Crippen LogP) is 4.04. The molecule has 0 radical (unpaired) electrons. The molecule has 7 heteroatoms. The van der Waals surface area contributed by atoms with Gasteiger partial charge in [0.2, 0.25) is 5.91 Å². The second-order valence-electron chi connectivity index (χ2n) is 5.81. The molecular formula is C19H20FNO4S. The number of hydrogen-bond acceptors (Lipinski definition) is 4. The Bertz CT molecular complexity index is 780. The van der Waals surface area contributed by atoms with Gasteiger partial charge in [0.15, 0.2) is 0 Å². The molecule has 0 spiro atoms. The molecule has 0 aromatic heterocycles. The Balaban J connectivity index is 2.01. The Morgan fingerprint density at radius 1 is 1.23 bits per heavy atom. The zero-order chi connectivity index (χ0) is 19.1. The van der Waals surface area contributed by atoms with Crippen LogP contribution in [0.2, 0.25) is 0 Å². The van der Waals surface area contributed by atoms with E-state index in [1.165, 1.54) is 43.1 Å². The molecule has 0 saturated carbocycles. The highest BCUT2D eigenvalue weighted by molar-refractivity contribution is 7.99. The van der Waals surface area contributed by atoms with Crippen LogP contribution >= 0.6 is 11.8 Å². The van der Waals surface area contributed by atoms with Crippen molar-refractivity contribution in [2.75, 3.05) is 18.2 Å². The van der Waals surface area contributed by atoms with E-state index in [2.05, 4.69) is 5.32 Å². The van der Waals surface area contributed by atoms with E-state index in [0.29, 0.717) is 17.0 Å². The van der Waals surface area contributed by atoms with Gasteiger partial charge in [0.05, 0.1) is 12.2 Å². The summed E-state index contributed by atoms with van der Waals surface area (Å²) in [4.78, 5) is 24.5. The van der Waals surface area contributed by atoms with Gasteiger partial charge in [0.1, 0.15) is 5.82 Å². The van der Waals surface area contributed by atoms with Crippen LogP contribution in [0.15, 0.2) is 47.4 Å². The molecule has 26 heavy (non-hydrogen) atoms. The van der Waals surface area contributed by atoms with E-state index in [1.807, 2.05) is 0 Å². The maximum Gasteiger partial charge on any atom is 0.335 e. The first-order chi connectivity index (χ1) is 12.4. The summed E-state index contributed by atoms with van der Waals surface area (Å²) in [7, 11) is 1.51. The number of aromatic carboxylic acids is 1. The van der Waals surface area contributed by atoms with Crippen molar-refractivity contribution >= 4 is 29.3 Å². The number of rotatable bonds is 8. The lowest BCUT2D eigenvalue weighted by Gasteiger charge is -2.13. The van der Waals surface area contributed by atoms with Gasteiger partial charge in [0.25, 0.3) is 0 Å². The summed E-state index contributed by atoms with van der Waals surface area (Å²) in [5, 5.41) is 11.9. The second-order valence-corrected chi connectivity index (χ2v) is 6.91. The van der Waals surface area contributed by atoms with Gasteiger partial charge in [0, 0.05) is 29.4 Å². The minimum Gasteiger partial charge on any atom is -0.478 e. The molecule has 0 aliphatic rings. The fourth-order valence-corrected chi connectivity index (χ4v) is 3.15. The van der Waals surface area contributed by atoms with Crippen molar-refractivity contribution in [3.8, 4) is 0 Å². The standard InChI is InChI=1S/C19H20FNO4S/c1-12(11-26-17-5-3-15(20)4-6-17)18(22)21-16-8-13(10-25-2)7-14(9-16)19(23)24/h3-9,12H,10-11H2,1-2H3,(H,21,22)(H,23,24). The summed E-state index contributed by atoms with van der Waals surface area (Å²) in [5.41, 5.74) is 1.17. The fraction of sp³-hybridized carbons (Fsp3) is 0.263. The van der Waals surface area contributed by atoms with Crippen molar-refractivity contribution in [3.05, 3.63) is 59.4 Å². The highest BCUT2D eigenvalue weighted by atomic mass is 32.2. The minimum absolute atomic E-state index is 0.0863. The number of carbonyl (C=O) groups is 2. The molecule has 0 bridgehead atoms. The highest BCUT2D eigenvalue weighted by Crippen LogP contribution is 2.22. The third-order valence-corrected chi connectivity index (χ3v) is 4.85. The molecule has 1 unspecified atom stereocenters. The van der Waals surface area contributed by atoms with E-state index in [0.717, 1.165) is 4.90 Å². The first kappa shape index (κ1) is 19.9. The van der Waals surface area contributed by atoms with Crippen LogP contribution in [0.3, 0.4) is 0 Å². The summed E-state index contributed by atoms with van der Waals surface area (Å²) in [6.07, 6.45) is 0. The summed E-state index contributed by atoms with van der Waals surface area (Å²) in [6.45, 7) is 2.03. The van der Waals surface area contributed by atoms with Crippen LogP contribution < -0.4 is 5.32 Å². The van der Waals surface area contributed by atoms with Gasteiger partial charge in [-0.3, -0.25) is 4.79 Å². The molecule has 5 nitrogen and oxygen atoms in total. The number of halogens is 1. The Morgan fingerprint density at radius 3 is 2.54 bits per heavy atom. The monoisotopic (exact) mass is 377 g/mol. The number of methoxy groups -OCH3 is 1. The largest absolute Gasteiger partial charge is 0.478 e. The number of amides is 1. The van der Waals surface area contributed by atoms with E-state index >= 15 is 0 Å². The molecule has 1 atom stereocenters. The van der Waals surface area contributed by atoms with Crippen LogP contribution in [0.5, 0.6) is 0 Å². The lowest BCUT2D eigenvalue weighted by Crippen LogP contribution is -2.22. The second kappa shape index (κ2) is 9.35. The summed E-state index contributed by atoms with van der Waals surface area (Å²) in [6, 6.07) is 10.7. The van der Waals surface area contributed by atoms with Crippen LogP contribution in [0.4, 0.5) is 10.1 Å². The van der Waals surface area contributed by atoms with Crippen molar-refractivity contribution in [2.24, 2.45) is 5.92 Å². The maximum absolute atomic E-state index is 12.9. The van der Waals surface area contributed by atoms with Gasteiger partial charge >= 0.3 is 5.97 Å². The molecule has 1 amide bonds. The number of benzene rings is 2. The lowest BCUT2D eigenvalue weighted by molar-refractivity contribution is -0.118. The molecule has 0 fully saturated rings. The molecule has 0 heterocycles. The molecule has 0 saturated heterocycles. The molecule has 138 valence electrons. The van der Waals surface area contributed by atoms with Crippen LogP contribution in [-0.4, -0.2) is 29.8 Å². The third-order valence-electron chi connectivity index (χ3n) is 3.58. The smallest absolute Gasteiger partial charge is 0.335 e. The van der Waals surface area contributed by atoms with Crippen LogP contribution in [-0.2, 0) is 16.1 Å². The molecule has 0 aliphatic carbocycles. The predicted molar refractivity (Wildman–Crippen MR) is 99.0 cm³/mol. The number of carbonyl (C=O) groups excluding carboxylic acids is 1. The van der Waals surface area contributed by atoms with Crippen LogP contribution in [0, 0.1) is 11.7 Å². The highest BCUT2D eigenvalue weighted by Gasteiger charge is 2.15. The van der Waals surface area contributed by atoms with Crippen molar-refractivity contribution in [3.63, 3.8) is 0 Å². The van der Waals surface area contributed by atoms with E-state index in [9.17, 15) is 19.1 Å².